The molecule has 0 bridgehead atoms. The highest BCUT2D eigenvalue weighted by Crippen LogP contribution is 2.56. The van der Waals surface area contributed by atoms with Crippen LogP contribution in [0.3, 0.4) is 0 Å². The molecule has 0 saturated carbocycles. The zero-order valence-corrected chi connectivity index (χ0v) is 21.2. The average molecular weight is 563 g/mol. The van der Waals surface area contributed by atoms with Gasteiger partial charge in [-0.2, -0.15) is 0 Å². The van der Waals surface area contributed by atoms with Crippen LogP contribution in [0.15, 0.2) is 60.7 Å². The fourth-order valence-electron chi connectivity index (χ4n) is 5.60. The lowest BCUT2D eigenvalue weighted by Gasteiger charge is -2.41. The Morgan fingerprint density at radius 1 is 0.585 bits per heavy atom. The fourth-order valence-corrected chi connectivity index (χ4v) is 5.60. The number of aliphatic hydroxyl groups excluding tert-OH is 2. The SMILES string of the molecule is Oc1ccc([C@@H]2c3c(cc(O)c4c3O[C@@H](c3ccc(O)c(O)c3)[C@H](O)C4)O[C@@H](c3ccc(O)c(O)c3)[C@H]2O)c(O)c1. The van der Waals surface area contributed by atoms with Crippen LogP contribution >= 0.6 is 0 Å². The summed E-state index contributed by atoms with van der Waals surface area (Å²) in [5, 5.41) is 94.1. The third-order valence-corrected chi connectivity index (χ3v) is 7.59. The molecule has 0 aliphatic carbocycles. The quantitative estimate of drug-likeness (QED) is 0.166. The molecule has 4 aromatic carbocycles. The molecule has 4 aromatic rings. The van der Waals surface area contributed by atoms with E-state index in [1.807, 2.05) is 0 Å². The number of benzene rings is 4. The van der Waals surface area contributed by atoms with E-state index in [2.05, 4.69) is 0 Å². The Labute approximate surface area is 232 Å². The summed E-state index contributed by atoms with van der Waals surface area (Å²) in [7, 11) is 0. The molecule has 2 aliphatic rings. The van der Waals surface area contributed by atoms with Gasteiger partial charge in [-0.05, 0) is 41.5 Å². The molecule has 9 N–H and O–H groups in total. The second-order valence-corrected chi connectivity index (χ2v) is 10.2. The molecule has 0 radical (unpaired) electrons. The van der Waals surface area contributed by atoms with Crippen LogP contribution in [0.25, 0.3) is 0 Å². The maximum atomic E-state index is 11.7. The third-order valence-electron chi connectivity index (χ3n) is 7.59. The van der Waals surface area contributed by atoms with E-state index in [1.54, 1.807) is 0 Å². The predicted octanol–water partition coefficient (Wildman–Crippen LogP) is 3.29. The Morgan fingerprint density at radius 3 is 1.83 bits per heavy atom. The van der Waals surface area contributed by atoms with Gasteiger partial charge in [0.1, 0.15) is 41.0 Å². The van der Waals surface area contributed by atoms with Crippen molar-refractivity contribution >= 4 is 0 Å². The highest BCUT2D eigenvalue weighted by atomic mass is 16.5. The number of fused-ring (bicyclic) bond motifs is 3. The number of aromatic hydroxyl groups is 7. The Bertz CT molecular complexity index is 1670. The lowest BCUT2D eigenvalue weighted by atomic mass is 9.77. The standard InChI is InChI=1S/C30H26O11/c31-14-3-4-15(19(34)9-14)25-26-24(40-29(27(25)39)13-2-6-18(33)22(37)8-13)11-20(35)16-10-23(38)28(41-30(16)26)12-1-5-17(32)21(36)7-12/h1-9,11,23,25,27-29,31-39H,10H2/t23-,25-,27+,28+,29+/m1/s1. The summed E-state index contributed by atoms with van der Waals surface area (Å²) in [6.07, 6.45) is -4.89. The maximum absolute atomic E-state index is 11.7. The molecule has 212 valence electrons. The molecule has 6 rings (SSSR count). The van der Waals surface area contributed by atoms with Gasteiger partial charge in [-0.3, -0.25) is 0 Å². The van der Waals surface area contributed by atoms with E-state index in [4.69, 9.17) is 9.47 Å². The Kier molecular flexibility index (Phi) is 6.13. The minimum absolute atomic E-state index is 0.0743. The molecular weight excluding hydrogens is 536 g/mol. The fraction of sp³-hybridized carbons (Fsp3) is 0.200. The zero-order chi connectivity index (χ0) is 29.2. The van der Waals surface area contributed by atoms with Crippen LogP contribution in [-0.4, -0.2) is 58.2 Å². The molecule has 11 heteroatoms. The Morgan fingerprint density at radius 2 is 1.22 bits per heavy atom. The smallest absolute Gasteiger partial charge is 0.157 e. The van der Waals surface area contributed by atoms with E-state index < -0.39 is 41.8 Å². The van der Waals surface area contributed by atoms with Crippen molar-refractivity contribution in [2.75, 3.05) is 0 Å². The van der Waals surface area contributed by atoms with Gasteiger partial charge in [0.2, 0.25) is 0 Å². The summed E-state index contributed by atoms with van der Waals surface area (Å²) in [6.45, 7) is 0. The van der Waals surface area contributed by atoms with Crippen LogP contribution < -0.4 is 9.47 Å². The van der Waals surface area contributed by atoms with E-state index >= 15 is 0 Å². The van der Waals surface area contributed by atoms with Crippen molar-refractivity contribution in [3.8, 4) is 51.7 Å². The van der Waals surface area contributed by atoms with Crippen molar-refractivity contribution in [1.82, 2.24) is 0 Å². The van der Waals surface area contributed by atoms with E-state index in [0.29, 0.717) is 5.56 Å². The molecule has 5 atom stereocenters. The summed E-state index contributed by atoms with van der Waals surface area (Å²) >= 11 is 0. The molecular formula is C30H26O11. The zero-order valence-electron chi connectivity index (χ0n) is 21.2. The molecule has 0 fully saturated rings. The van der Waals surface area contributed by atoms with Crippen LogP contribution in [0, 0.1) is 0 Å². The third kappa shape index (κ3) is 4.31. The first-order valence-electron chi connectivity index (χ1n) is 12.7. The van der Waals surface area contributed by atoms with Crippen molar-refractivity contribution in [1.29, 1.82) is 0 Å². The van der Waals surface area contributed by atoms with Gasteiger partial charge in [-0.1, -0.05) is 18.2 Å². The average Bonchev–Trinajstić information content (AvgIpc) is 2.92. The molecule has 0 spiro atoms. The molecule has 0 unspecified atom stereocenters. The summed E-state index contributed by atoms with van der Waals surface area (Å²) < 4.78 is 12.4. The van der Waals surface area contributed by atoms with Crippen molar-refractivity contribution in [3.63, 3.8) is 0 Å². The van der Waals surface area contributed by atoms with Crippen molar-refractivity contribution < 1.29 is 55.4 Å². The van der Waals surface area contributed by atoms with E-state index in [9.17, 15) is 46.0 Å². The largest absolute Gasteiger partial charge is 0.508 e. The van der Waals surface area contributed by atoms with Gasteiger partial charge in [-0.15, -0.1) is 0 Å². The van der Waals surface area contributed by atoms with Gasteiger partial charge < -0.3 is 55.4 Å². The van der Waals surface area contributed by atoms with E-state index in [1.165, 1.54) is 54.6 Å². The lowest BCUT2D eigenvalue weighted by Crippen LogP contribution is -2.37. The molecule has 0 aromatic heterocycles. The second-order valence-electron chi connectivity index (χ2n) is 10.2. The van der Waals surface area contributed by atoms with Gasteiger partial charge in [0, 0.05) is 41.2 Å². The van der Waals surface area contributed by atoms with Gasteiger partial charge in [0.15, 0.2) is 29.1 Å². The highest BCUT2D eigenvalue weighted by molar-refractivity contribution is 5.64. The highest BCUT2D eigenvalue weighted by Gasteiger charge is 2.45. The van der Waals surface area contributed by atoms with Crippen molar-refractivity contribution in [3.05, 3.63) is 88.5 Å². The van der Waals surface area contributed by atoms with E-state index in [0.717, 1.165) is 6.07 Å². The first-order chi connectivity index (χ1) is 19.5. The van der Waals surface area contributed by atoms with Crippen molar-refractivity contribution in [2.45, 2.75) is 36.8 Å². The second kappa shape index (κ2) is 9.58. The molecule has 41 heavy (non-hydrogen) atoms. The van der Waals surface area contributed by atoms with Crippen LogP contribution in [0.1, 0.15) is 45.9 Å². The minimum atomic E-state index is -1.43. The summed E-state index contributed by atoms with van der Waals surface area (Å²) in [6, 6.07) is 13.0. The van der Waals surface area contributed by atoms with Gasteiger partial charge in [-0.25, -0.2) is 0 Å². The summed E-state index contributed by atoms with van der Waals surface area (Å²) in [5.41, 5.74) is 1.26. The Balaban J connectivity index is 1.55. The minimum Gasteiger partial charge on any atom is -0.508 e. The molecule has 2 aliphatic heterocycles. The number of rotatable bonds is 3. The van der Waals surface area contributed by atoms with Gasteiger partial charge in [0.25, 0.3) is 0 Å². The molecule has 0 amide bonds. The predicted molar refractivity (Wildman–Crippen MR) is 142 cm³/mol. The van der Waals surface area contributed by atoms with Gasteiger partial charge >= 0.3 is 0 Å². The lowest BCUT2D eigenvalue weighted by molar-refractivity contribution is -0.00244. The number of hydrogen-bond donors (Lipinski definition) is 9. The number of aliphatic hydroxyl groups is 2. The monoisotopic (exact) mass is 562 g/mol. The first-order valence-corrected chi connectivity index (χ1v) is 12.7. The summed E-state index contributed by atoms with van der Waals surface area (Å²) in [4.78, 5) is 0. The molecule has 2 heterocycles. The number of phenols is 7. The van der Waals surface area contributed by atoms with Crippen LogP contribution in [0.2, 0.25) is 0 Å². The number of ether oxygens (including phenoxy) is 2. The van der Waals surface area contributed by atoms with E-state index in [-0.39, 0.29) is 68.9 Å². The number of hydrogen-bond acceptors (Lipinski definition) is 11. The topological polar surface area (TPSA) is 201 Å². The Hall–Kier alpha value is -5.00. The van der Waals surface area contributed by atoms with Crippen LogP contribution in [0.4, 0.5) is 0 Å². The summed E-state index contributed by atoms with van der Waals surface area (Å²) in [5.74, 6) is -3.35. The van der Waals surface area contributed by atoms with Crippen LogP contribution in [0.5, 0.6) is 51.7 Å². The molecule has 11 nitrogen and oxygen atoms in total. The van der Waals surface area contributed by atoms with Crippen molar-refractivity contribution in [2.24, 2.45) is 0 Å². The van der Waals surface area contributed by atoms with Gasteiger partial charge in [0.05, 0.1) is 6.10 Å². The first kappa shape index (κ1) is 26.2. The number of phenolic OH excluding ortho intramolecular Hbond substituents is 7. The van der Waals surface area contributed by atoms with Crippen LogP contribution in [-0.2, 0) is 6.42 Å². The normalized spacial score (nSPS) is 23.1. The maximum Gasteiger partial charge on any atom is 0.157 e. The molecule has 0 saturated heterocycles.